The van der Waals surface area contributed by atoms with Gasteiger partial charge in [-0.15, -0.1) is 0 Å². The van der Waals surface area contributed by atoms with Crippen molar-refractivity contribution in [3.63, 3.8) is 0 Å². The lowest BCUT2D eigenvalue weighted by molar-refractivity contribution is -0.134. The molecule has 1 aromatic heterocycles. The fourth-order valence-electron chi connectivity index (χ4n) is 2.62. The highest BCUT2D eigenvalue weighted by Crippen LogP contribution is 2.43. The molecule has 0 saturated carbocycles. The summed E-state index contributed by atoms with van der Waals surface area (Å²) in [6, 6.07) is 11.8. The Morgan fingerprint density at radius 2 is 1.56 bits per heavy atom. The van der Waals surface area contributed by atoms with E-state index in [1.165, 1.54) is 33.1 Å². The van der Waals surface area contributed by atoms with E-state index in [1.807, 2.05) is 18.2 Å². The van der Waals surface area contributed by atoms with Gasteiger partial charge in [0.2, 0.25) is 5.75 Å². The number of hydrogen-bond donors (Lipinski definition) is 0. The van der Waals surface area contributed by atoms with E-state index < -0.39 is 17.4 Å². The minimum Gasteiger partial charge on any atom is -0.493 e. The molecule has 0 aliphatic carbocycles. The van der Waals surface area contributed by atoms with Crippen LogP contribution < -0.4 is 19.6 Å². The Morgan fingerprint density at radius 1 is 0.926 bits per heavy atom. The van der Waals surface area contributed by atoms with E-state index in [-0.39, 0.29) is 28.2 Å². The fraction of sp³-hybridized carbons (Fsp3) is 0.150. The van der Waals surface area contributed by atoms with Crippen molar-refractivity contribution in [2.75, 3.05) is 7.11 Å². The molecule has 0 spiro atoms. The van der Waals surface area contributed by atoms with E-state index in [0.717, 1.165) is 0 Å². The molecule has 0 saturated heterocycles. The molecule has 0 aliphatic heterocycles. The summed E-state index contributed by atoms with van der Waals surface area (Å²) in [6.45, 7) is 2.35. The average molecular weight is 368 g/mol. The Labute approximate surface area is 154 Å². The van der Waals surface area contributed by atoms with E-state index in [0.29, 0.717) is 11.3 Å². The Hall–Kier alpha value is -3.61. The van der Waals surface area contributed by atoms with E-state index in [1.54, 1.807) is 12.1 Å². The lowest BCUT2D eigenvalue weighted by Gasteiger charge is -2.15. The number of hydrogen-bond acceptors (Lipinski definition) is 7. The summed E-state index contributed by atoms with van der Waals surface area (Å²) in [7, 11) is 1.35. The second-order valence-electron chi connectivity index (χ2n) is 5.64. The maximum atomic E-state index is 12.8. The summed E-state index contributed by atoms with van der Waals surface area (Å²) in [4.78, 5) is 35.8. The van der Waals surface area contributed by atoms with Crippen LogP contribution in [-0.4, -0.2) is 19.0 Å². The predicted octanol–water partition coefficient (Wildman–Crippen LogP) is 3.32. The van der Waals surface area contributed by atoms with Gasteiger partial charge in [0.1, 0.15) is 16.7 Å². The molecule has 7 nitrogen and oxygen atoms in total. The second kappa shape index (κ2) is 7.33. The maximum absolute atomic E-state index is 12.8. The van der Waals surface area contributed by atoms with E-state index in [2.05, 4.69) is 0 Å². The molecule has 0 fully saturated rings. The molecular formula is C20H16O7. The molecule has 3 aromatic rings. The molecule has 0 bridgehead atoms. The minimum atomic E-state index is -0.690. The molecule has 27 heavy (non-hydrogen) atoms. The zero-order chi connectivity index (χ0) is 19.6. The molecule has 1 heterocycles. The molecule has 0 amide bonds. The number of carbonyl (C=O) groups is 2. The summed E-state index contributed by atoms with van der Waals surface area (Å²) < 4.78 is 21.4. The lowest BCUT2D eigenvalue weighted by atomic mass is 10.1. The average Bonchev–Trinajstić information content (AvgIpc) is 2.63. The molecule has 0 N–H and O–H groups in total. The molecule has 138 valence electrons. The summed E-state index contributed by atoms with van der Waals surface area (Å²) in [5.74, 6) is -1.31. The standard InChI is InChI=1S/C20H16O7/c1-11(21)25-19-17(24-3)10-16-18(20(19)26-12(2)22)14(23)9-15(27-16)13-7-5-4-6-8-13/h4-10H,1-3H3. The van der Waals surface area contributed by atoms with Crippen molar-refractivity contribution in [1.82, 2.24) is 0 Å². The number of esters is 2. The zero-order valence-corrected chi connectivity index (χ0v) is 14.9. The third-order valence-electron chi connectivity index (χ3n) is 3.66. The normalized spacial score (nSPS) is 10.5. The first-order chi connectivity index (χ1) is 12.9. The van der Waals surface area contributed by atoms with Crippen LogP contribution in [-0.2, 0) is 9.59 Å². The van der Waals surface area contributed by atoms with Gasteiger partial charge in [-0.1, -0.05) is 30.3 Å². The van der Waals surface area contributed by atoms with Gasteiger partial charge in [-0.25, -0.2) is 0 Å². The molecule has 0 unspecified atom stereocenters. The van der Waals surface area contributed by atoms with Crippen molar-refractivity contribution in [1.29, 1.82) is 0 Å². The van der Waals surface area contributed by atoms with Gasteiger partial charge in [-0.05, 0) is 0 Å². The van der Waals surface area contributed by atoms with Crippen LogP contribution in [0, 0.1) is 0 Å². The highest BCUT2D eigenvalue weighted by Gasteiger charge is 2.24. The van der Waals surface area contributed by atoms with Crippen LogP contribution >= 0.6 is 0 Å². The van der Waals surface area contributed by atoms with Crippen molar-refractivity contribution >= 4 is 22.9 Å². The summed E-state index contributed by atoms with van der Waals surface area (Å²) in [6.07, 6.45) is 0. The summed E-state index contributed by atoms with van der Waals surface area (Å²) >= 11 is 0. The van der Waals surface area contributed by atoms with Gasteiger partial charge in [-0.3, -0.25) is 14.4 Å². The van der Waals surface area contributed by atoms with Crippen molar-refractivity contribution in [2.24, 2.45) is 0 Å². The third kappa shape index (κ3) is 3.67. The Bertz CT molecular complexity index is 1080. The number of carbonyl (C=O) groups excluding carboxylic acids is 2. The molecule has 2 aromatic carbocycles. The van der Waals surface area contributed by atoms with Crippen molar-refractivity contribution in [2.45, 2.75) is 13.8 Å². The van der Waals surface area contributed by atoms with Crippen molar-refractivity contribution in [3.8, 4) is 28.6 Å². The van der Waals surface area contributed by atoms with Crippen molar-refractivity contribution in [3.05, 3.63) is 52.7 Å². The Balaban J connectivity index is 2.35. The minimum absolute atomic E-state index is 0.0260. The van der Waals surface area contributed by atoms with Crippen LogP contribution in [0.1, 0.15) is 13.8 Å². The Kier molecular flexibility index (Phi) is 4.94. The van der Waals surface area contributed by atoms with E-state index in [4.69, 9.17) is 18.6 Å². The summed E-state index contributed by atoms with van der Waals surface area (Å²) in [5, 5.41) is -0.0260. The zero-order valence-electron chi connectivity index (χ0n) is 14.9. The largest absolute Gasteiger partial charge is 0.493 e. The van der Waals surface area contributed by atoms with Crippen LogP contribution in [0.5, 0.6) is 17.2 Å². The number of rotatable bonds is 4. The lowest BCUT2D eigenvalue weighted by Crippen LogP contribution is -2.12. The summed E-state index contributed by atoms with van der Waals surface area (Å²) in [5.41, 5.74) is 0.376. The topological polar surface area (TPSA) is 92.0 Å². The molecule has 0 atom stereocenters. The first-order valence-corrected chi connectivity index (χ1v) is 8.01. The van der Waals surface area contributed by atoms with Crippen molar-refractivity contribution < 1.29 is 28.2 Å². The predicted molar refractivity (Wildman–Crippen MR) is 97.1 cm³/mol. The van der Waals surface area contributed by atoms with E-state index in [9.17, 15) is 14.4 Å². The van der Waals surface area contributed by atoms with Gasteiger partial charge in [0.05, 0.1) is 7.11 Å². The van der Waals surface area contributed by atoms with E-state index >= 15 is 0 Å². The molecule has 7 heteroatoms. The SMILES string of the molecule is COc1cc2oc(-c3ccccc3)cc(=O)c2c(OC(C)=O)c1OC(C)=O. The van der Waals surface area contributed by atoms with Crippen LogP contribution in [0.2, 0.25) is 0 Å². The van der Waals surface area contributed by atoms with Gasteiger partial charge in [-0.2, -0.15) is 0 Å². The number of benzene rings is 2. The quantitative estimate of drug-likeness (QED) is 0.515. The molecular weight excluding hydrogens is 352 g/mol. The number of fused-ring (bicyclic) bond motifs is 1. The molecule has 0 radical (unpaired) electrons. The van der Waals surface area contributed by atoms with Crippen LogP contribution in [0.3, 0.4) is 0 Å². The van der Waals surface area contributed by atoms with Gasteiger partial charge in [0.25, 0.3) is 0 Å². The first-order valence-electron chi connectivity index (χ1n) is 8.01. The Morgan fingerprint density at radius 3 is 2.15 bits per heavy atom. The first kappa shape index (κ1) is 18.2. The highest BCUT2D eigenvalue weighted by atomic mass is 16.6. The van der Waals surface area contributed by atoms with Crippen LogP contribution in [0.15, 0.2) is 51.7 Å². The fourth-order valence-corrected chi connectivity index (χ4v) is 2.62. The third-order valence-corrected chi connectivity index (χ3v) is 3.66. The highest BCUT2D eigenvalue weighted by molar-refractivity contribution is 5.93. The van der Waals surface area contributed by atoms with Gasteiger partial charge >= 0.3 is 11.9 Å². The molecule has 0 aliphatic rings. The van der Waals surface area contributed by atoms with Gasteiger partial charge in [0.15, 0.2) is 16.9 Å². The van der Waals surface area contributed by atoms with Gasteiger partial charge in [0, 0.05) is 31.5 Å². The monoisotopic (exact) mass is 368 g/mol. The van der Waals surface area contributed by atoms with Gasteiger partial charge < -0.3 is 18.6 Å². The smallest absolute Gasteiger partial charge is 0.308 e. The second-order valence-corrected chi connectivity index (χ2v) is 5.64. The number of methoxy groups -OCH3 is 1. The molecule has 3 rings (SSSR count). The maximum Gasteiger partial charge on any atom is 0.308 e. The number of ether oxygens (including phenoxy) is 3. The van der Waals surface area contributed by atoms with Crippen LogP contribution in [0.4, 0.5) is 0 Å². The van der Waals surface area contributed by atoms with Crippen LogP contribution in [0.25, 0.3) is 22.3 Å².